The van der Waals surface area contributed by atoms with Gasteiger partial charge < -0.3 is 21.4 Å². The first-order chi connectivity index (χ1) is 6.65. The van der Waals surface area contributed by atoms with Crippen molar-refractivity contribution in [2.75, 3.05) is 5.32 Å². The van der Waals surface area contributed by atoms with Crippen molar-refractivity contribution in [3.63, 3.8) is 0 Å². The van der Waals surface area contributed by atoms with E-state index in [1.807, 2.05) is 0 Å². The van der Waals surface area contributed by atoms with E-state index in [4.69, 9.17) is 10.9 Å². The molecule has 0 aromatic heterocycles. The number of carboxylic acid groups (broad SMARTS) is 1. The first kappa shape index (κ1) is 9.85. The van der Waals surface area contributed by atoms with E-state index in [0.717, 1.165) is 6.34 Å². The van der Waals surface area contributed by atoms with E-state index < -0.39 is 5.97 Å². The molecule has 1 rings (SSSR count). The van der Waals surface area contributed by atoms with Gasteiger partial charge in [-0.2, -0.15) is 5.10 Å². The van der Waals surface area contributed by atoms with E-state index in [1.54, 1.807) is 0 Å². The van der Waals surface area contributed by atoms with Crippen LogP contribution in [0.2, 0.25) is 0 Å². The van der Waals surface area contributed by atoms with Crippen molar-refractivity contribution in [2.45, 2.75) is 0 Å². The van der Waals surface area contributed by atoms with Gasteiger partial charge in [0, 0.05) is 0 Å². The third-order valence-electron chi connectivity index (χ3n) is 1.54. The predicted octanol–water partition coefficient (Wildman–Crippen LogP) is 0.404. The molecular formula is C8H9N3O3. The molecule has 0 fully saturated rings. The molecule has 0 saturated carbocycles. The van der Waals surface area contributed by atoms with Crippen LogP contribution in [-0.2, 0) is 0 Å². The lowest BCUT2D eigenvalue weighted by molar-refractivity contribution is 0.0697. The second-order valence-electron chi connectivity index (χ2n) is 2.46. The molecule has 0 heterocycles. The Morgan fingerprint density at radius 1 is 1.57 bits per heavy atom. The summed E-state index contributed by atoms with van der Waals surface area (Å²) in [6.07, 6.45) is 1.14. The molecule has 6 nitrogen and oxygen atoms in total. The number of phenolic OH excluding ortho intramolecular Hbond substituents is 1. The van der Waals surface area contributed by atoms with Crippen LogP contribution in [0.15, 0.2) is 23.3 Å². The number of benzene rings is 1. The average Bonchev–Trinajstić information content (AvgIpc) is 2.16. The summed E-state index contributed by atoms with van der Waals surface area (Å²) in [5, 5.41) is 23.6. The van der Waals surface area contributed by atoms with Gasteiger partial charge in [-0.3, -0.25) is 0 Å². The number of phenols is 1. The highest BCUT2D eigenvalue weighted by atomic mass is 16.4. The molecule has 0 aliphatic heterocycles. The smallest absolute Gasteiger partial charge is 0.335 e. The van der Waals surface area contributed by atoms with Crippen LogP contribution in [0.1, 0.15) is 10.4 Å². The van der Waals surface area contributed by atoms with Gasteiger partial charge in [-0.1, -0.05) is 0 Å². The number of anilines is 1. The third kappa shape index (κ3) is 2.13. The zero-order valence-electron chi connectivity index (χ0n) is 7.14. The molecule has 0 spiro atoms. The van der Waals surface area contributed by atoms with E-state index in [-0.39, 0.29) is 17.0 Å². The van der Waals surface area contributed by atoms with Gasteiger partial charge >= 0.3 is 5.97 Å². The van der Waals surface area contributed by atoms with Crippen LogP contribution in [0.25, 0.3) is 0 Å². The molecule has 0 saturated heterocycles. The largest absolute Gasteiger partial charge is 0.506 e. The highest BCUT2D eigenvalue weighted by Gasteiger charge is 2.06. The number of aromatic carboxylic acids is 1. The lowest BCUT2D eigenvalue weighted by Gasteiger charge is -2.04. The Hall–Kier alpha value is -2.24. The molecule has 5 N–H and O–H groups in total. The van der Waals surface area contributed by atoms with Crippen LogP contribution in [0.5, 0.6) is 5.75 Å². The number of rotatable bonds is 3. The average molecular weight is 195 g/mol. The SMILES string of the molecule is NN=CNc1cc(C(=O)O)ccc1O. The van der Waals surface area contributed by atoms with Gasteiger partial charge in [-0.25, -0.2) is 4.79 Å². The Morgan fingerprint density at radius 2 is 2.29 bits per heavy atom. The fourth-order valence-corrected chi connectivity index (χ4v) is 0.891. The summed E-state index contributed by atoms with van der Waals surface area (Å²) in [7, 11) is 0. The second-order valence-corrected chi connectivity index (χ2v) is 2.46. The lowest BCUT2D eigenvalue weighted by Crippen LogP contribution is -2.01. The number of nitrogens with two attached hydrogens (primary N) is 1. The molecule has 0 radical (unpaired) electrons. The van der Waals surface area contributed by atoms with E-state index in [0.29, 0.717) is 0 Å². The molecule has 0 bridgehead atoms. The van der Waals surface area contributed by atoms with Crippen molar-refractivity contribution >= 4 is 18.0 Å². The van der Waals surface area contributed by atoms with Crippen molar-refractivity contribution in [3.8, 4) is 5.75 Å². The summed E-state index contributed by atoms with van der Waals surface area (Å²) >= 11 is 0. The molecule has 14 heavy (non-hydrogen) atoms. The summed E-state index contributed by atoms with van der Waals surface area (Å²) in [5.74, 6) is 3.69. The third-order valence-corrected chi connectivity index (χ3v) is 1.54. The monoisotopic (exact) mass is 195 g/mol. The topological polar surface area (TPSA) is 108 Å². The molecular weight excluding hydrogens is 186 g/mol. The molecule has 0 aliphatic carbocycles. The Bertz CT molecular complexity index is 376. The second kappa shape index (κ2) is 4.13. The molecule has 0 amide bonds. The summed E-state index contributed by atoms with van der Waals surface area (Å²) < 4.78 is 0. The zero-order chi connectivity index (χ0) is 10.6. The molecule has 0 atom stereocenters. The lowest BCUT2D eigenvalue weighted by atomic mass is 10.2. The zero-order valence-corrected chi connectivity index (χ0v) is 7.14. The number of carboxylic acids is 1. The maximum Gasteiger partial charge on any atom is 0.335 e. The van der Waals surface area contributed by atoms with Gasteiger partial charge in [-0.05, 0) is 18.2 Å². The summed E-state index contributed by atoms with van der Waals surface area (Å²) in [6, 6.07) is 3.85. The Morgan fingerprint density at radius 3 is 2.86 bits per heavy atom. The van der Waals surface area contributed by atoms with Gasteiger partial charge in [0.05, 0.1) is 11.3 Å². The van der Waals surface area contributed by atoms with Gasteiger partial charge in [0.2, 0.25) is 0 Å². The Kier molecular flexibility index (Phi) is 2.90. The molecule has 1 aromatic rings. The van der Waals surface area contributed by atoms with E-state index in [1.165, 1.54) is 18.2 Å². The van der Waals surface area contributed by atoms with Crippen molar-refractivity contribution in [3.05, 3.63) is 23.8 Å². The summed E-state index contributed by atoms with van der Waals surface area (Å²) in [5.41, 5.74) is 0.301. The maximum atomic E-state index is 10.6. The van der Waals surface area contributed by atoms with Crippen molar-refractivity contribution < 1.29 is 15.0 Å². The van der Waals surface area contributed by atoms with Crippen LogP contribution < -0.4 is 11.2 Å². The predicted molar refractivity (Wildman–Crippen MR) is 51.4 cm³/mol. The standard InChI is InChI=1S/C8H9N3O3/c9-11-4-10-6-3-5(8(13)14)1-2-7(6)12/h1-4,12H,9H2,(H,10,11)(H,13,14). The van der Waals surface area contributed by atoms with Gasteiger partial charge in [-0.15, -0.1) is 0 Å². The Labute approximate surface area is 79.7 Å². The van der Waals surface area contributed by atoms with E-state index >= 15 is 0 Å². The number of hydrogen-bond acceptors (Lipinski definition) is 4. The highest BCUT2D eigenvalue weighted by molar-refractivity contribution is 5.91. The molecule has 6 heteroatoms. The van der Waals surface area contributed by atoms with Crippen LogP contribution >= 0.6 is 0 Å². The summed E-state index contributed by atoms with van der Waals surface area (Å²) in [4.78, 5) is 10.6. The van der Waals surface area contributed by atoms with Crippen LogP contribution in [0.3, 0.4) is 0 Å². The number of hydrogen-bond donors (Lipinski definition) is 4. The van der Waals surface area contributed by atoms with Crippen LogP contribution in [-0.4, -0.2) is 22.5 Å². The van der Waals surface area contributed by atoms with Crippen molar-refractivity contribution in [1.82, 2.24) is 0 Å². The van der Waals surface area contributed by atoms with Gasteiger partial charge in [0.25, 0.3) is 0 Å². The minimum atomic E-state index is -1.07. The first-order valence-corrected chi connectivity index (χ1v) is 3.69. The minimum Gasteiger partial charge on any atom is -0.506 e. The molecule has 0 aliphatic rings. The highest BCUT2D eigenvalue weighted by Crippen LogP contribution is 2.23. The maximum absolute atomic E-state index is 10.6. The molecule has 1 aromatic carbocycles. The first-order valence-electron chi connectivity index (χ1n) is 3.69. The molecule has 0 unspecified atom stereocenters. The van der Waals surface area contributed by atoms with Gasteiger partial charge in [0.15, 0.2) is 0 Å². The number of nitrogens with one attached hydrogen (secondary N) is 1. The number of carbonyl (C=O) groups is 1. The van der Waals surface area contributed by atoms with Crippen LogP contribution in [0.4, 0.5) is 5.69 Å². The normalized spacial score (nSPS) is 10.3. The quantitative estimate of drug-likeness (QED) is 0.183. The van der Waals surface area contributed by atoms with Crippen molar-refractivity contribution in [1.29, 1.82) is 0 Å². The Balaban J connectivity index is 3.01. The van der Waals surface area contributed by atoms with Gasteiger partial charge in [0.1, 0.15) is 12.1 Å². The van der Waals surface area contributed by atoms with Crippen LogP contribution in [0, 0.1) is 0 Å². The number of hydrazone groups is 1. The van der Waals surface area contributed by atoms with E-state index in [9.17, 15) is 9.90 Å². The number of aromatic hydroxyl groups is 1. The van der Waals surface area contributed by atoms with E-state index in [2.05, 4.69) is 10.4 Å². The summed E-state index contributed by atoms with van der Waals surface area (Å²) in [6.45, 7) is 0. The number of nitrogens with zero attached hydrogens (tertiary/aromatic N) is 1. The molecule has 74 valence electrons. The fourth-order valence-electron chi connectivity index (χ4n) is 0.891. The fraction of sp³-hybridized carbons (Fsp3) is 0. The van der Waals surface area contributed by atoms with Crippen molar-refractivity contribution in [2.24, 2.45) is 10.9 Å². The minimum absolute atomic E-state index is 0.0655.